The first-order valence-electron chi connectivity index (χ1n) is 10.1. The first-order valence-corrected chi connectivity index (χ1v) is 10.1. The normalized spacial score (nSPS) is 17.1. The van der Waals surface area contributed by atoms with E-state index in [1.165, 1.54) is 4.57 Å². The van der Waals surface area contributed by atoms with Crippen molar-refractivity contribution in [3.05, 3.63) is 20.8 Å². The maximum atomic E-state index is 12.7. The number of anilines is 2. The quantitative estimate of drug-likeness (QED) is 0.523. The van der Waals surface area contributed by atoms with E-state index in [0.717, 1.165) is 38.6 Å². The minimum absolute atomic E-state index is 0.149. The number of carbonyl (C=O) groups excluding carboxylic acids is 1. The Kier molecular flexibility index (Phi) is 8.09. The van der Waals surface area contributed by atoms with Crippen LogP contribution in [0, 0.1) is 11.8 Å². The van der Waals surface area contributed by atoms with Crippen molar-refractivity contribution in [1.82, 2.24) is 14.9 Å². The monoisotopic (exact) mass is 379 g/mol. The minimum Gasteiger partial charge on any atom is -0.378 e. The van der Waals surface area contributed by atoms with Crippen molar-refractivity contribution in [2.75, 3.05) is 30.3 Å². The molecule has 4 N–H and O–H groups in total. The van der Waals surface area contributed by atoms with Crippen LogP contribution in [0.25, 0.3) is 0 Å². The van der Waals surface area contributed by atoms with E-state index in [0.29, 0.717) is 25.6 Å². The van der Waals surface area contributed by atoms with Gasteiger partial charge < -0.3 is 16.0 Å². The van der Waals surface area contributed by atoms with Gasteiger partial charge in [-0.05, 0) is 38.1 Å². The molecule has 27 heavy (non-hydrogen) atoms. The number of rotatable bonds is 9. The number of H-pyrrole nitrogens is 1. The standard InChI is InChI=1S/C19H33N5O3/c1-4-5-11-24-16(22-17(25)14-7-6-9-20-12-14)15(18(26)23-19(24)27)21-10-8-13(2)3/h13-14,20-21H,4-12H2,1-3H3,(H,22,25)(H,23,26,27). The second-order valence-corrected chi connectivity index (χ2v) is 7.63. The molecule has 0 saturated carbocycles. The average Bonchev–Trinajstić information content (AvgIpc) is 2.64. The molecule has 8 nitrogen and oxygen atoms in total. The van der Waals surface area contributed by atoms with Gasteiger partial charge in [0.15, 0.2) is 0 Å². The van der Waals surface area contributed by atoms with Crippen LogP contribution >= 0.6 is 0 Å². The second-order valence-electron chi connectivity index (χ2n) is 7.63. The van der Waals surface area contributed by atoms with E-state index >= 15 is 0 Å². The van der Waals surface area contributed by atoms with Crippen LogP contribution in [0.3, 0.4) is 0 Å². The molecule has 152 valence electrons. The van der Waals surface area contributed by atoms with Gasteiger partial charge in [-0.3, -0.25) is 19.1 Å². The molecule has 0 bridgehead atoms. The molecule has 1 saturated heterocycles. The number of aromatic amines is 1. The SMILES string of the molecule is CCCCn1c(NC(=O)C2CCCNC2)c(NCCC(C)C)c(=O)[nH]c1=O. The van der Waals surface area contributed by atoms with Crippen molar-refractivity contribution in [3.63, 3.8) is 0 Å². The van der Waals surface area contributed by atoms with Gasteiger partial charge in [0.05, 0.1) is 5.92 Å². The highest BCUT2D eigenvalue weighted by atomic mass is 16.2. The van der Waals surface area contributed by atoms with Gasteiger partial charge in [0, 0.05) is 19.6 Å². The molecular formula is C19H33N5O3. The lowest BCUT2D eigenvalue weighted by atomic mass is 9.99. The number of nitrogens with one attached hydrogen (secondary N) is 4. The van der Waals surface area contributed by atoms with E-state index < -0.39 is 11.2 Å². The van der Waals surface area contributed by atoms with E-state index in [4.69, 9.17) is 0 Å². The molecule has 1 amide bonds. The Hall–Kier alpha value is -2.09. The van der Waals surface area contributed by atoms with Crippen molar-refractivity contribution in [1.29, 1.82) is 0 Å². The molecule has 0 radical (unpaired) electrons. The number of hydrogen-bond acceptors (Lipinski definition) is 5. The fourth-order valence-electron chi connectivity index (χ4n) is 3.17. The molecule has 2 heterocycles. The summed E-state index contributed by atoms with van der Waals surface area (Å²) in [4.78, 5) is 39.9. The van der Waals surface area contributed by atoms with Crippen LogP contribution in [0.2, 0.25) is 0 Å². The zero-order chi connectivity index (χ0) is 19.8. The molecule has 1 aromatic heterocycles. The summed E-state index contributed by atoms with van der Waals surface area (Å²) >= 11 is 0. The van der Waals surface area contributed by atoms with Gasteiger partial charge in [0.25, 0.3) is 5.56 Å². The highest BCUT2D eigenvalue weighted by molar-refractivity contribution is 5.94. The smallest absolute Gasteiger partial charge is 0.330 e. The van der Waals surface area contributed by atoms with Crippen molar-refractivity contribution in [3.8, 4) is 0 Å². The van der Waals surface area contributed by atoms with Crippen LogP contribution in [-0.2, 0) is 11.3 Å². The van der Waals surface area contributed by atoms with Crippen molar-refractivity contribution >= 4 is 17.4 Å². The predicted octanol–water partition coefficient (Wildman–Crippen LogP) is 1.73. The summed E-state index contributed by atoms with van der Waals surface area (Å²) in [5.74, 6) is 0.464. The number of carbonyl (C=O) groups is 1. The topological polar surface area (TPSA) is 108 Å². The minimum atomic E-state index is -0.492. The number of piperidine rings is 1. The summed E-state index contributed by atoms with van der Waals surface area (Å²) in [6.45, 7) is 8.82. The van der Waals surface area contributed by atoms with E-state index in [2.05, 4.69) is 34.8 Å². The van der Waals surface area contributed by atoms with Gasteiger partial charge in [-0.1, -0.05) is 27.2 Å². The zero-order valence-corrected chi connectivity index (χ0v) is 16.7. The molecule has 0 aliphatic carbocycles. The van der Waals surface area contributed by atoms with Crippen molar-refractivity contribution in [2.24, 2.45) is 11.8 Å². The van der Waals surface area contributed by atoms with Crippen LogP contribution in [0.15, 0.2) is 9.59 Å². The average molecular weight is 380 g/mol. The Bertz CT molecular complexity index is 732. The van der Waals surface area contributed by atoms with Gasteiger partial charge in [0.1, 0.15) is 11.5 Å². The highest BCUT2D eigenvalue weighted by Gasteiger charge is 2.24. The van der Waals surface area contributed by atoms with E-state index in [1.54, 1.807) is 0 Å². The third kappa shape index (κ3) is 5.95. The Labute approximate surface area is 160 Å². The van der Waals surface area contributed by atoms with Crippen LogP contribution in [-0.4, -0.2) is 35.1 Å². The number of unbranched alkanes of at least 4 members (excludes halogenated alkanes) is 1. The summed E-state index contributed by atoms with van der Waals surface area (Å²) < 4.78 is 1.47. The molecule has 2 rings (SSSR count). The van der Waals surface area contributed by atoms with Gasteiger partial charge >= 0.3 is 5.69 Å². The fraction of sp³-hybridized carbons (Fsp3) is 0.737. The lowest BCUT2D eigenvalue weighted by molar-refractivity contribution is -0.120. The summed E-state index contributed by atoms with van der Waals surface area (Å²) in [5.41, 5.74) is -0.711. The van der Waals surface area contributed by atoms with E-state index in [9.17, 15) is 14.4 Å². The van der Waals surface area contributed by atoms with Gasteiger partial charge in [-0.25, -0.2) is 4.79 Å². The summed E-state index contributed by atoms with van der Waals surface area (Å²) in [6.07, 6.45) is 4.31. The van der Waals surface area contributed by atoms with Crippen molar-refractivity contribution in [2.45, 2.75) is 59.4 Å². The Balaban J connectivity index is 2.33. The Morgan fingerprint density at radius 1 is 1.33 bits per heavy atom. The van der Waals surface area contributed by atoms with Crippen LogP contribution in [0.5, 0.6) is 0 Å². The molecule has 1 fully saturated rings. The fourth-order valence-corrected chi connectivity index (χ4v) is 3.17. The molecule has 0 aromatic carbocycles. The Morgan fingerprint density at radius 2 is 2.11 bits per heavy atom. The maximum absolute atomic E-state index is 12.7. The van der Waals surface area contributed by atoms with Gasteiger partial charge in [-0.15, -0.1) is 0 Å². The number of aromatic nitrogens is 2. The Morgan fingerprint density at radius 3 is 2.74 bits per heavy atom. The van der Waals surface area contributed by atoms with Crippen LogP contribution < -0.4 is 27.2 Å². The summed E-state index contributed by atoms with van der Waals surface area (Å²) in [6, 6.07) is 0. The number of hydrogen-bond donors (Lipinski definition) is 4. The number of amides is 1. The third-order valence-corrected chi connectivity index (χ3v) is 4.87. The molecule has 8 heteroatoms. The third-order valence-electron chi connectivity index (χ3n) is 4.87. The molecule has 1 aromatic rings. The lowest BCUT2D eigenvalue weighted by Gasteiger charge is -2.24. The highest BCUT2D eigenvalue weighted by Crippen LogP contribution is 2.19. The molecule has 1 atom stereocenters. The molecule has 1 aliphatic heterocycles. The first kappa shape index (κ1) is 21.2. The zero-order valence-electron chi connectivity index (χ0n) is 16.7. The lowest BCUT2D eigenvalue weighted by Crippen LogP contribution is -2.40. The molecule has 1 aliphatic rings. The van der Waals surface area contributed by atoms with Crippen LogP contribution in [0.1, 0.15) is 52.9 Å². The van der Waals surface area contributed by atoms with Crippen molar-refractivity contribution < 1.29 is 4.79 Å². The van der Waals surface area contributed by atoms with Gasteiger partial charge in [0.2, 0.25) is 5.91 Å². The van der Waals surface area contributed by atoms with Crippen LogP contribution in [0.4, 0.5) is 11.5 Å². The molecule has 0 spiro atoms. The maximum Gasteiger partial charge on any atom is 0.330 e. The second kappa shape index (κ2) is 10.3. The van der Waals surface area contributed by atoms with Gasteiger partial charge in [-0.2, -0.15) is 0 Å². The van der Waals surface area contributed by atoms with E-state index in [1.807, 2.05) is 6.92 Å². The molecule has 1 unspecified atom stereocenters. The first-order chi connectivity index (χ1) is 12.9. The number of nitrogens with zero attached hydrogens (tertiary/aromatic N) is 1. The summed E-state index contributed by atoms with van der Waals surface area (Å²) in [7, 11) is 0. The predicted molar refractivity (Wildman–Crippen MR) is 108 cm³/mol. The largest absolute Gasteiger partial charge is 0.378 e. The van der Waals surface area contributed by atoms with E-state index in [-0.39, 0.29) is 23.3 Å². The summed E-state index contributed by atoms with van der Waals surface area (Å²) in [5, 5.41) is 9.23. The molecular weight excluding hydrogens is 346 g/mol.